The SMILES string of the molecule is Cc1oc2cc(N(CCCOCc3ccccc3)S(C)(=O)=O)ccc2c1C(N)=O. The molecule has 1 amide bonds. The fraction of sp³-hybridized carbons (Fsp3) is 0.286. The topological polar surface area (TPSA) is 103 Å². The molecule has 2 aromatic carbocycles. The summed E-state index contributed by atoms with van der Waals surface area (Å²) in [7, 11) is -3.50. The lowest BCUT2D eigenvalue weighted by Gasteiger charge is -2.22. The van der Waals surface area contributed by atoms with E-state index >= 15 is 0 Å². The van der Waals surface area contributed by atoms with Crippen LogP contribution in [-0.4, -0.2) is 33.7 Å². The summed E-state index contributed by atoms with van der Waals surface area (Å²) in [6.07, 6.45) is 1.69. The molecule has 0 aliphatic heterocycles. The monoisotopic (exact) mass is 416 g/mol. The molecule has 1 aromatic heterocycles. The summed E-state index contributed by atoms with van der Waals surface area (Å²) in [5.41, 5.74) is 7.67. The first-order chi connectivity index (χ1) is 13.8. The van der Waals surface area contributed by atoms with E-state index in [2.05, 4.69) is 0 Å². The Labute approximate surface area is 170 Å². The standard InChI is InChI=1S/C21H24N2O5S/c1-15-20(21(22)24)18-10-9-17(13-19(18)28-15)23(29(2,25)26)11-6-12-27-14-16-7-4-3-5-8-16/h3-5,7-10,13H,6,11-12,14H2,1-2H3,(H2,22,24). The summed E-state index contributed by atoms with van der Waals surface area (Å²) in [6, 6.07) is 14.7. The Balaban J connectivity index is 1.71. The smallest absolute Gasteiger partial charge is 0.252 e. The molecule has 3 aromatic rings. The van der Waals surface area contributed by atoms with Crippen LogP contribution < -0.4 is 10.0 Å². The number of nitrogens with zero attached hydrogens (tertiary/aromatic N) is 1. The van der Waals surface area contributed by atoms with Crippen LogP contribution in [0.1, 0.15) is 28.1 Å². The average molecular weight is 416 g/mol. The van der Waals surface area contributed by atoms with E-state index in [1.807, 2.05) is 30.3 Å². The number of furan rings is 1. The van der Waals surface area contributed by atoms with E-state index in [0.29, 0.717) is 47.6 Å². The molecular formula is C21H24N2O5S. The average Bonchev–Trinajstić information content (AvgIpc) is 2.99. The molecule has 0 unspecified atom stereocenters. The van der Waals surface area contributed by atoms with Crippen LogP contribution in [0.4, 0.5) is 5.69 Å². The number of anilines is 1. The number of rotatable bonds is 9. The third-order valence-corrected chi connectivity index (χ3v) is 5.74. The number of primary amides is 1. The van der Waals surface area contributed by atoms with Gasteiger partial charge >= 0.3 is 0 Å². The van der Waals surface area contributed by atoms with Gasteiger partial charge in [0.1, 0.15) is 11.3 Å². The Morgan fingerprint density at radius 2 is 1.90 bits per heavy atom. The minimum atomic E-state index is -3.50. The molecule has 29 heavy (non-hydrogen) atoms. The van der Waals surface area contributed by atoms with Gasteiger partial charge in [-0.25, -0.2) is 8.42 Å². The number of aryl methyl sites for hydroxylation is 1. The Kier molecular flexibility index (Phi) is 6.24. The summed E-state index contributed by atoms with van der Waals surface area (Å²) >= 11 is 0. The Morgan fingerprint density at radius 1 is 1.17 bits per heavy atom. The highest BCUT2D eigenvalue weighted by Gasteiger charge is 2.21. The van der Waals surface area contributed by atoms with Gasteiger partial charge in [-0.05, 0) is 31.0 Å². The molecule has 0 aliphatic carbocycles. The van der Waals surface area contributed by atoms with E-state index in [0.717, 1.165) is 11.8 Å². The van der Waals surface area contributed by atoms with Gasteiger partial charge in [0.15, 0.2) is 0 Å². The van der Waals surface area contributed by atoms with Crippen LogP contribution in [0.5, 0.6) is 0 Å². The first-order valence-corrected chi connectivity index (χ1v) is 11.0. The lowest BCUT2D eigenvalue weighted by Crippen LogP contribution is -2.31. The van der Waals surface area contributed by atoms with Crippen LogP contribution >= 0.6 is 0 Å². The molecule has 0 bridgehead atoms. The van der Waals surface area contributed by atoms with Gasteiger partial charge in [0.25, 0.3) is 5.91 Å². The van der Waals surface area contributed by atoms with Crippen LogP contribution in [0.25, 0.3) is 11.0 Å². The molecule has 8 heteroatoms. The second kappa shape index (κ2) is 8.67. The molecule has 0 saturated carbocycles. The van der Waals surface area contributed by atoms with Crippen LogP contribution in [0.3, 0.4) is 0 Å². The number of hydrogen-bond donors (Lipinski definition) is 1. The minimum Gasteiger partial charge on any atom is -0.460 e. The predicted octanol–water partition coefficient (Wildman–Crippen LogP) is 3.21. The van der Waals surface area contributed by atoms with Crippen molar-refractivity contribution in [3.63, 3.8) is 0 Å². The zero-order valence-corrected chi connectivity index (χ0v) is 17.2. The third-order valence-electron chi connectivity index (χ3n) is 4.55. The molecule has 0 aliphatic rings. The van der Waals surface area contributed by atoms with Gasteiger partial charge in [0.2, 0.25) is 10.0 Å². The van der Waals surface area contributed by atoms with E-state index < -0.39 is 15.9 Å². The normalized spacial score (nSPS) is 11.7. The van der Waals surface area contributed by atoms with Crippen molar-refractivity contribution < 1.29 is 22.4 Å². The minimum absolute atomic E-state index is 0.265. The quantitative estimate of drug-likeness (QED) is 0.540. The van der Waals surface area contributed by atoms with Crippen molar-refractivity contribution in [2.75, 3.05) is 23.7 Å². The predicted molar refractivity (Wildman–Crippen MR) is 112 cm³/mol. The van der Waals surface area contributed by atoms with Crippen molar-refractivity contribution in [1.82, 2.24) is 0 Å². The Hall–Kier alpha value is -2.84. The van der Waals surface area contributed by atoms with Crippen molar-refractivity contribution in [3.8, 4) is 0 Å². The molecule has 0 spiro atoms. The molecular weight excluding hydrogens is 392 g/mol. The summed E-state index contributed by atoms with van der Waals surface area (Å²) in [6.45, 7) is 2.82. The van der Waals surface area contributed by atoms with Crippen molar-refractivity contribution in [2.45, 2.75) is 20.0 Å². The number of ether oxygens (including phenoxy) is 1. The summed E-state index contributed by atoms with van der Waals surface area (Å²) in [5.74, 6) is -0.172. The molecule has 2 N–H and O–H groups in total. The van der Waals surface area contributed by atoms with E-state index in [9.17, 15) is 13.2 Å². The maximum absolute atomic E-state index is 12.3. The van der Waals surface area contributed by atoms with Gasteiger partial charge in [0, 0.05) is 24.6 Å². The first kappa shape index (κ1) is 20.9. The van der Waals surface area contributed by atoms with Gasteiger partial charge in [-0.3, -0.25) is 9.10 Å². The maximum atomic E-state index is 12.3. The number of amides is 1. The maximum Gasteiger partial charge on any atom is 0.252 e. The third kappa shape index (κ3) is 4.96. The number of sulfonamides is 1. The summed E-state index contributed by atoms with van der Waals surface area (Å²) in [4.78, 5) is 11.6. The van der Waals surface area contributed by atoms with Gasteiger partial charge in [0.05, 0.1) is 24.1 Å². The first-order valence-electron chi connectivity index (χ1n) is 9.19. The van der Waals surface area contributed by atoms with E-state index in [-0.39, 0.29) is 6.54 Å². The summed E-state index contributed by atoms with van der Waals surface area (Å²) in [5, 5.41) is 0.568. The van der Waals surface area contributed by atoms with Crippen molar-refractivity contribution >= 4 is 32.6 Å². The fourth-order valence-electron chi connectivity index (χ4n) is 3.23. The molecule has 0 radical (unpaired) electrons. The molecule has 0 atom stereocenters. The molecule has 0 saturated heterocycles. The van der Waals surface area contributed by atoms with Gasteiger partial charge in [-0.1, -0.05) is 30.3 Å². The van der Waals surface area contributed by atoms with Crippen LogP contribution in [-0.2, 0) is 21.4 Å². The second-order valence-corrected chi connectivity index (χ2v) is 8.71. The number of benzene rings is 2. The summed E-state index contributed by atoms with van der Waals surface area (Å²) < 4.78 is 37.2. The van der Waals surface area contributed by atoms with Crippen molar-refractivity contribution in [2.24, 2.45) is 5.73 Å². The number of fused-ring (bicyclic) bond motifs is 1. The number of carbonyl (C=O) groups excluding carboxylic acids is 1. The molecule has 1 heterocycles. The highest BCUT2D eigenvalue weighted by atomic mass is 32.2. The second-order valence-electron chi connectivity index (χ2n) is 6.80. The van der Waals surface area contributed by atoms with Crippen LogP contribution in [0.15, 0.2) is 52.9 Å². The highest BCUT2D eigenvalue weighted by Crippen LogP contribution is 2.30. The molecule has 0 fully saturated rings. The number of hydrogen-bond acceptors (Lipinski definition) is 5. The van der Waals surface area contributed by atoms with Gasteiger partial charge in [-0.15, -0.1) is 0 Å². The molecule has 7 nitrogen and oxygen atoms in total. The number of nitrogens with two attached hydrogens (primary N) is 1. The van der Waals surface area contributed by atoms with E-state index in [1.165, 1.54) is 4.31 Å². The fourth-order valence-corrected chi connectivity index (χ4v) is 4.19. The highest BCUT2D eigenvalue weighted by molar-refractivity contribution is 7.92. The zero-order chi connectivity index (χ0) is 21.0. The number of carbonyl (C=O) groups is 1. The molecule has 3 rings (SSSR count). The van der Waals surface area contributed by atoms with Gasteiger partial charge in [-0.2, -0.15) is 0 Å². The zero-order valence-electron chi connectivity index (χ0n) is 16.4. The van der Waals surface area contributed by atoms with Crippen molar-refractivity contribution in [3.05, 3.63) is 65.4 Å². The van der Waals surface area contributed by atoms with Crippen molar-refractivity contribution in [1.29, 1.82) is 0 Å². The van der Waals surface area contributed by atoms with Gasteiger partial charge < -0.3 is 14.9 Å². The Bertz CT molecular complexity index is 1110. The van der Waals surface area contributed by atoms with E-state index in [4.69, 9.17) is 14.9 Å². The lowest BCUT2D eigenvalue weighted by molar-refractivity contribution is 0.1000. The molecule has 154 valence electrons. The Morgan fingerprint density at radius 3 is 2.55 bits per heavy atom. The van der Waals surface area contributed by atoms with Crippen LogP contribution in [0, 0.1) is 6.92 Å². The lowest BCUT2D eigenvalue weighted by atomic mass is 10.1. The van der Waals surface area contributed by atoms with Crippen LogP contribution in [0.2, 0.25) is 0 Å². The largest absolute Gasteiger partial charge is 0.460 e. The van der Waals surface area contributed by atoms with E-state index in [1.54, 1.807) is 25.1 Å².